The summed E-state index contributed by atoms with van der Waals surface area (Å²) in [5.41, 5.74) is -0.719. The third kappa shape index (κ3) is 2.95. The Labute approximate surface area is 106 Å². The molecule has 1 saturated heterocycles. The maximum atomic E-state index is 11.5. The first kappa shape index (κ1) is 13.2. The molecule has 2 unspecified atom stereocenters. The number of nitrogens with one attached hydrogen (secondary N) is 1. The number of ether oxygens (including phenoxy) is 1. The molecule has 2 rings (SSSR count). The lowest BCUT2D eigenvalue weighted by molar-refractivity contribution is -0.144. The number of thioether (sulfide) groups is 1. The second-order valence-electron chi connectivity index (χ2n) is 4.95. The Bertz CT molecular complexity index is 277. The molecule has 2 N–H and O–H groups in total. The van der Waals surface area contributed by atoms with Gasteiger partial charge < -0.3 is 15.2 Å². The summed E-state index contributed by atoms with van der Waals surface area (Å²) in [5.74, 6) is 1.16. The Morgan fingerprint density at radius 3 is 2.76 bits per heavy atom. The van der Waals surface area contributed by atoms with Crippen LogP contribution in [0.2, 0.25) is 0 Å². The highest BCUT2D eigenvalue weighted by atomic mass is 32.2. The summed E-state index contributed by atoms with van der Waals surface area (Å²) in [5, 5.41) is 12.5. The van der Waals surface area contributed by atoms with Crippen LogP contribution in [0, 0.1) is 5.92 Å². The normalized spacial score (nSPS) is 27.9. The standard InChI is InChI=1S/C12H21NO3S/c1-13-12(11(14)15,9-4-5-9)8-17-7-10-3-2-6-16-10/h9-10,13H,2-8H2,1H3,(H,14,15). The SMILES string of the molecule is CNC(CSCC1CCCO1)(C(=O)O)C1CC1. The van der Waals surface area contributed by atoms with E-state index in [1.54, 1.807) is 18.8 Å². The highest BCUT2D eigenvalue weighted by Gasteiger charge is 2.50. The van der Waals surface area contributed by atoms with Crippen molar-refractivity contribution in [3.8, 4) is 0 Å². The van der Waals surface area contributed by atoms with Gasteiger partial charge in [0.25, 0.3) is 0 Å². The van der Waals surface area contributed by atoms with Gasteiger partial charge in [0, 0.05) is 18.1 Å². The van der Waals surface area contributed by atoms with Gasteiger partial charge in [0.2, 0.25) is 0 Å². The van der Waals surface area contributed by atoms with Crippen molar-refractivity contribution >= 4 is 17.7 Å². The van der Waals surface area contributed by atoms with E-state index in [9.17, 15) is 9.90 Å². The van der Waals surface area contributed by atoms with Crippen LogP contribution in [-0.4, -0.2) is 47.9 Å². The fourth-order valence-electron chi connectivity index (χ4n) is 2.44. The predicted molar refractivity (Wildman–Crippen MR) is 68.4 cm³/mol. The first-order valence-electron chi connectivity index (χ1n) is 6.30. The Morgan fingerprint density at radius 1 is 1.53 bits per heavy atom. The molecule has 17 heavy (non-hydrogen) atoms. The second-order valence-corrected chi connectivity index (χ2v) is 5.98. The van der Waals surface area contributed by atoms with Gasteiger partial charge in [-0.15, -0.1) is 0 Å². The van der Waals surface area contributed by atoms with Gasteiger partial charge >= 0.3 is 5.97 Å². The van der Waals surface area contributed by atoms with E-state index in [0.717, 1.165) is 38.0 Å². The second kappa shape index (κ2) is 5.59. The first-order valence-corrected chi connectivity index (χ1v) is 7.46. The molecule has 0 spiro atoms. The van der Waals surface area contributed by atoms with Crippen LogP contribution in [-0.2, 0) is 9.53 Å². The summed E-state index contributed by atoms with van der Waals surface area (Å²) in [6.45, 7) is 0.865. The molecule has 0 aromatic heterocycles. The lowest BCUT2D eigenvalue weighted by atomic mass is 9.96. The van der Waals surface area contributed by atoms with E-state index in [-0.39, 0.29) is 0 Å². The van der Waals surface area contributed by atoms with E-state index in [1.807, 2.05) is 0 Å². The number of hydrogen-bond acceptors (Lipinski definition) is 4. The first-order chi connectivity index (χ1) is 8.19. The number of hydrogen-bond donors (Lipinski definition) is 2. The van der Waals surface area contributed by atoms with Gasteiger partial charge in [-0.05, 0) is 38.6 Å². The molecule has 0 bridgehead atoms. The van der Waals surface area contributed by atoms with E-state index in [2.05, 4.69) is 5.32 Å². The van der Waals surface area contributed by atoms with Crippen molar-refractivity contribution in [2.24, 2.45) is 5.92 Å². The van der Waals surface area contributed by atoms with Crippen molar-refractivity contribution < 1.29 is 14.6 Å². The van der Waals surface area contributed by atoms with Crippen molar-refractivity contribution in [3.63, 3.8) is 0 Å². The molecule has 1 saturated carbocycles. The van der Waals surface area contributed by atoms with Crippen LogP contribution in [0.5, 0.6) is 0 Å². The zero-order valence-electron chi connectivity index (χ0n) is 10.3. The fourth-order valence-corrected chi connectivity index (χ4v) is 3.91. The van der Waals surface area contributed by atoms with Crippen LogP contribution in [0.1, 0.15) is 25.7 Å². The number of aliphatic carboxylic acids is 1. The van der Waals surface area contributed by atoms with Crippen LogP contribution in [0.25, 0.3) is 0 Å². The number of rotatable bonds is 7. The Morgan fingerprint density at radius 2 is 2.29 bits per heavy atom. The predicted octanol–water partition coefficient (Wildman–Crippen LogP) is 1.35. The zero-order chi connectivity index (χ0) is 12.3. The van der Waals surface area contributed by atoms with Crippen molar-refractivity contribution in [1.29, 1.82) is 0 Å². The summed E-state index contributed by atoms with van der Waals surface area (Å²) < 4.78 is 5.55. The molecule has 1 aliphatic heterocycles. The molecule has 1 aliphatic carbocycles. The third-order valence-electron chi connectivity index (χ3n) is 3.76. The van der Waals surface area contributed by atoms with Crippen LogP contribution in [0.15, 0.2) is 0 Å². The molecule has 1 heterocycles. The van der Waals surface area contributed by atoms with E-state index in [0.29, 0.717) is 17.8 Å². The maximum absolute atomic E-state index is 11.5. The van der Waals surface area contributed by atoms with Crippen molar-refractivity contribution in [2.45, 2.75) is 37.3 Å². The molecular formula is C12H21NO3S. The van der Waals surface area contributed by atoms with E-state index in [1.165, 1.54) is 0 Å². The highest BCUT2D eigenvalue weighted by Crippen LogP contribution is 2.41. The summed E-state index contributed by atoms with van der Waals surface area (Å²) >= 11 is 1.71. The van der Waals surface area contributed by atoms with E-state index >= 15 is 0 Å². The van der Waals surface area contributed by atoms with Crippen LogP contribution in [0.4, 0.5) is 0 Å². The lowest BCUT2D eigenvalue weighted by Crippen LogP contribution is -2.54. The van der Waals surface area contributed by atoms with Gasteiger partial charge in [0.1, 0.15) is 5.54 Å². The third-order valence-corrected chi connectivity index (χ3v) is 5.03. The number of carbonyl (C=O) groups is 1. The fraction of sp³-hybridized carbons (Fsp3) is 0.917. The van der Waals surface area contributed by atoms with Crippen molar-refractivity contribution in [3.05, 3.63) is 0 Å². The van der Waals surface area contributed by atoms with Crippen molar-refractivity contribution in [2.75, 3.05) is 25.2 Å². The highest BCUT2D eigenvalue weighted by molar-refractivity contribution is 7.99. The minimum Gasteiger partial charge on any atom is -0.480 e. The van der Waals surface area contributed by atoms with Gasteiger partial charge in [0.05, 0.1) is 6.10 Å². The summed E-state index contributed by atoms with van der Waals surface area (Å²) in [6, 6.07) is 0. The van der Waals surface area contributed by atoms with E-state index in [4.69, 9.17) is 4.74 Å². The minimum absolute atomic E-state index is 0.307. The summed E-state index contributed by atoms with van der Waals surface area (Å²) in [6.07, 6.45) is 4.67. The molecule has 5 heteroatoms. The van der Waals surface area contributed by atoms with Crippen molar-refractivity contribution in [1.82, 2.24) is 5.32 Å². The molecule has 2 atom stereocenters. The van der Waals surface area contributed by atoms with Crippen LogP contribution < -0.4 is 5.32 Å². The van der Waals surface area contributed by atoms with Gasteiger partial charge in [-0.1, -0.05) is 0 Å². The lowest BCUT2D eigenvalue weighted by Gasteiger charge is -2.29. The molecule has 98 valence electrons. The molecule has 4 nitrogen and oxygen atoms in total. The van der Waals surface area contributed by atoms with Gasteiger partial charge in [0.15, 0.2) is 0 Å². The maximum Gasteiger partial charge on any atom is 0.325 e. The number of carboxylic acid groups (broad SMARTS) is 1. The average Bonchev–Trinajstić information content (AvgIpc) is 3.03. The average molecular weight is 259 g/mol. The van der Waals surface area contributed by atoms with Crippen LogP contribution in [0.3, 0.4) is 0 Å². The number of likely N-dealkylation sites (N-methyl/N-ethyl adjacent to an activating group) is 1. The summed E-state index contributed by atoms with van der Waals surface area (Å²) in [4.78, 5) is 11.5. The monoisotopic (exact) mass is 259 g/mol. The van der Waals surface area contributed by atoms with Gasteiger partial charge in [-0.2, -0.15) is 11.8 Å². The molecule has 2 aliphatic rings. The molecular weight excluding hydrogens is 238 g/mol. The van der Waals surface area contributed by atoms with E-state index < -0.39 is 11.5 Å². The smallest absolute Gasteiger partial charge is 0.325 e. The van der Waals surface area contributed by atoms with Gasteiger partial charge in [-0.25, -0.2) is 0 Å². The number of carboxylic acids is 1. The minimum atomic E-state index is -0.719. The summed E-state index contributed by atoms with van der Waals surface area (Å²) in [7, 11) is 1.76. The Hall–Kier alpha value is -0.260. The molecule has 0 radical (unpaired) electrons. The Balaban J connectivity index is 1.82. The van der Waals surface area contributed by atoms with Crippen LogP contribution >= 0.6 is 11.8 Å². The zero-order valence-corrected chi connectivity index (χ0v) is 11.1. The molecule has 0 aromatic rings. The Kier molecular flexibility index (Phi) is 4.33. The topological polar surface area (TPSA) is 58.6 Å². The largest absolute Gasteiger partial charge is 0.480 e. The quantitative estimate of drug-likeness (QED) is 0.723. The molecule has 2 fully saturated rings. The molecule has 0 amide bonds. The van der Waals surface area contributed by atoms with Gasteiger partial charge in [-0.3, -0.25) is 4.79 Å². The molecule has 0 aromatic carbocycles.